The second-order valence-corrected chi connectivity index (χ2v) is 8.34. The number of hydrogen-bond acceptors (Lipinski definition) is 5. The fourth-order valence-corrected chi connectivity index (χ4v) is 4.22. The lowest BCUT2D eigenvalue weighted by Crippen LogP contribution is -2.50. The lowest BCUT2D eigenvalue weighted by molar-refractivity contribution is -0.170. The second-order valence-electron chi connectivity index (χ2n) is 7.53. The molecule has 1 N–H and O–H groups in total. The number of halogens is 1. The molecule has 3 atom stereocenters. The van der Waals surface area contributed by atoms with E-state index in [0.717, 1.165) is 29.8 Å². The molecule has 1 aliphatic carbocycles. The van der Waals surface area contributed by atoms with Crippen LogP contribution in [0.2, 0.25) is 0 Å². The van der Waals surface area contributed by atoms with Gasteiger partial charge >= 0.3 is 5.97 Å². The van der Waals surface area contributed by atoms with Crippen LogP contribution in [0.3, 0.4) is 0 Å². The Morgan fingerprint density at radius 2 is 2.30 bits per heavy atom. The minimum atomic E-state index is -0.569. The largest absolute Gasteiger partial charge is 0.458 e. The molecule has 1 aromatic heterocycles. The van der Waals surface area contributed by atoms with Crippen LogP contribution in [0.1, 0.15) is 39.4 Å². The molecule has 0 spiro atoms. The van der Waals surface area contributed by atoms with Crippen molar-refractivity contribution in [1.29, 1.82) is 0 Å². The van der Waals surface area contributed by atoms with Crippen LogP contribution in [-0.4, -0.2) is 40.3 Å². The number of ether oxygens (including phenoxy) is 2. The highest BCUT2D eigenvalue weighted by Crippen LogP contribution is 2.48. The van der Waals surface area contributed by atoms with Gasteiger partial charge in [0.15, 0.2) is 0 Å². The van der Waals surface area contributed by atoms with Gasteiger partial charge in [0.1, 0.15) is 28.2 Å². The third-order valence-electron chi connectivity index (χ3n) is 4.47. The van der Waals surface area contributed by atoms with Crippen molar-refractivity contribution in [2.45, 2.75) is 50.9 Å². The Morgan fingerprint density at radius 1 is 1.57 bits per heavy atom. The summed E-state index contributed by atoms with van der Waals surface area (Å²) in [6.45, 7) is 6.52. The smallest absolute Gasteiger partial charge is 0.332 e. The van der Waals surface area contributed by atoms with Crippen molar-refractivity contribution in [3.05, 3.63) is 16.6 Å². The molecule has 2 aliphatic rings. The summed E-state index contributed by atoms with van der Waals surface area (Å²) in [6.07, 6.45) is 3.85. The van der Waals surface area contributed by atoms with Gasteiger partial charge in [-0.3, -0.25) is 0 Å². The lowest BCUT2D eigenvalue weighted by Gasteiger charge is -2.37. The Balaban J connectivity index is 1.81. The first-order valence-electron chi connectivity index (χ1n) is 7.98. The molecule has 2 fully saturated rings. The average molecular weight is 386 g/mol. The zero-order valence-electron chi connectivity index (χ0n) is 14.1. The summed E-state index contributed by atoms with van der Waals surface area (Å²) in [5.41, 5.74) is -1.08. The number of nitrogens with one attached hydrogen (secondary N) is 1. The van der Waals surface area contributed by atoms with Gasteiger partial charge in [-0.15, -0.1) is 0 Å². The topological polar surface area (TPSA) is 65.4 Å². The zero-order chi connectivity index (χ0) is 16.8. The van der Waals surface area contributed by atoms with Crippen molar-refractivity contribution in [3.8, 4) is 0 Å². The standard InChI is InChI=1S/C16H24BrN3O3/c1-15(2,3)23-13(21)9-22-16(6-10-5-11(16)18-7-10)14-19-12(17)8-20(14)4/h8,10-11,18H,5-7,9H2,1-4H3. The van der Waals surface area contributed by atoms with Crippen molar-refractivity contribution < 1.29 is 14.3 Å². The van der Waals surface area contributed by atoms with Gasteiger partial charge in [0.25, 0.3) is 0 Å². The van der Waals surface area contributed by atoms with Gasteiger partial charge in [0, 0.05) is 19.3 Å². The maximum atomic E-state index is 12.1. The normalized spacial score (nSPS) is 30.0. The predicted molar refractivity (Wildman–Crippen MR) is 88.9 cm³/mol. The lowest BCUT2D eigenvalue weighted by atomic mass is 9.92. The van der Waals surface area contributed by atoms with Gasteiger partial charge in [-0.05, 0) is 62.0 Å². The minimum absolute atomic E-state index is 0.0628. The van der Waals surface area contributed by atoms with E-state index in [2.05, 4.69) is 26.2 Å². The fourth-order valence-electron chi connectivity index (χ4n) is 3.74. The maximum absolute atomic E-state index is 12.1. The molecule has 1 saturated heterocycles. The molecule has 1 aromatic rings. The van der Waals surface area contributed by atoms with E-state index in [1.807, 2.05) is 38.6 Å². The number of carbonyl (C=O) groups excluding carboxylic acids is 1. The van der Waals surface area contributed by atoms with Crippen LogP contribution in [-0.2, 0) is 26.9 Å². The molecule has 0 amide bonds. The van der Waals surface area contributed by atoms with Gasteiger partial charge in [-0.1, -0.05) is 0 Å². The van der Waals surface area contributed by atoms with Gasteiger partial charge in [-0.25, -0.2) is 9.78 Å². The minimum Gasteiger partial charge on any atom is -0.458 e. The van der Waals surface area contributed by atoms with E-state index in [-0.39, 0.29) is 18.6 Å². The zero-order valence-corrected chi connectivity index (χ0v) is 15.6. The van der Waals surface area contributed by atoms with Crippen LogP contribution in [0.15, 0.2) is 10.8 Å². The molecule has 0 radical (unpaired) electrons. The molecule has 128 valence electrons. The first-order chi connectivity index (χ1) is 10.7. The predicted octanol–water partition coefficient (Wildman–Crippen LogP) is 2.12. The number of aryl methyl sites for hydroxylation is 1. The summed E-state index contributed by atoms with van der Waals surface area (Å²) in [5, 5.41) is 3.51. The first kappa shape index (κ1) is 16.9. The number of piperidine rings is 1. The quantitative estimate of drug-likeness (QED) is 0.804. The summed E-state index contributed by atoms with van der Waals surface area (Å²) >= 11 is 3.43. The maximum Gasteiger partial charge on any atom is 0.332 e. The Labute approximate surface area is 145 Å². The number of esters is 1. The molecule has 6 nitrogen and oxygen atoms in total. The molecular weight excluding hydrogens is 362 g/mol. The molecule has 2 bridgehead atoms. The van der Waals surface area contributed by atoms with E-state index in [4.69, 9.17) is 9.47 Å². The Hall–Kier alpha value is -0.920. The van der Waals surface area contributed by atoms with Gasteiger partial charge in [0.05, 0.1) is 0 Å². The van der Waals surface area contributed by atoms with Crippen LogP contribution in [0.5, 0.6) is 0 Å². The Bertz CT molecular complexity index is 610. The van der Waals surface area contributed by atoms with E-state index < -0.39 is 11.2 Å². The Kier molecular flexibility index (Phi) is 4.31. The summed E-state index contributed by atoms with van der Waals surface area (Å²) in [5.74, 6) is 1.08. The van der Waals surface area contributed by atoms with Crippen LogP contribution in [0.25, 0.3) is 0 Å². The Morgan fingerprint density at radius 3 is 2.78 bits per heavy atom. The molecular formula is C16H24BrN3O3. The number of hydrogen-bond donors (Lipinski definition) is 1. The SMILES string of the molecule is Cn1cc(Br)nc1C1(OCC(=O)OC(C)(C)C)CC2CNC1C2. The first-order valence-corrected chi connectivity index (χ1v) is 8.77. The number of nitrogens with zero attached hydrogens (tertiary/aromatic N) is 2. The number of fused-ring (bicyclic) bond motifs is 2. The van der Waals surface area contributed by atoms with Crippen LogP contribution in [0.4, 0.5) is 0 Å². The highest BCUT2D eigenvalue weighted by atomic mass is 79.9. The molecule has 1 aliphatic heterocycles. The molecule has 0 aromatic carbocycles. The van der Waals surface area contributed by atoms with E-state index >= 15 is 0 Å². The summed E-state index contributed by atoms with van der Waals surface area (Å²) in [4.78, 5) is 16.7. The van der Waals surface area contributed by atoms with Crippen molar-refractivity contribution in [2.75, 3.05) is 13.2 Å². The number of carbonyl (C=O) groups is 1. The number of aromatic nitrogens is 2. The third kappa shape index (κ3) is 3.32. The molecule has 7 heteroatoms. The highest BCUT2D eigenvalue weighted by Gasteiger charge is 2.55. The van der Waals surface area contributed by atoms with E-state index in [9.17, 15) is 4.79 Å². The number of imidazole rings is 1. The number of rotatable bonds is 4. The van der Waals surface area contributed by atoms with Gasteiger partial charge < -0.3 is 19.4 Å². The highest BCUT2D eigenvalue weighted by molar-refractivity contribution is 9.10. The van der Waals surface area contributed by atoms with Crippen LogP contribution < -0.4 is 5.32 Å². The van der Waals surface area contributed by atoms with Crippen LogP contribution in [0, 0.1) is 5.92 Å². The van der Waals surface area contributed by atoms with Crippen molar-refractivity contribution in [2.24, 2.45) is 13.0 Å². The molecule has 23 heavy (non-hydrogen) atoms. The molecule has 3 rings (SSSR count). The van der Waals surface area contributed by atoms with Crippen molar-refractivity contribution >= 4 is 21.9 Å². The molecule has 2 heterocycles. The van der Waals surface area contributed by atoms with Crippen LogP contribution >= 0.6 is 15.9 Å². The van der Waals surface area contributed by atoms with E-state index in [0.29, 0.717) is 5.92 Å². The molecule has 1 saturated carbocycles. The van der Waals surface area contributed by atoms with E-state index in [1.165, 1.54) is 0 Å². The average Bonchev–Trinajstić information content (AvgIpc) is 3.09. The molecule has 3 unspecified atom stereocenters. The van der Waals surface area contributed by atoms with Gasteiger partial charge in [-0.2, -0.15) is 0 Å². The third-order valence-corrected chi connectivity index (χ3v) is 4.85. The van der Waals surface area contributed by atoms with Crippen molar-refractivity contribution in [1.82, 2.24) is 14.9 Å². The van der Waals surface area contributed by atoms with E-state index in [1.54, 1.807) is 0 Å². The summed E-state index contributed by atoms with van der Waals surface area (Å²) in [6, 6.07) is 0.183. The second kappa shape index (κ2) is 5.86. The summed E-state index contributed by atoms with van der Waals surface area (Å²) < 4.78 is 14.3. The fraction of sp³-hybridized carbons (Fsp3) is 0.750. The van der Waals surface area contributed by atoms with Crippen molar-refractivity contribution in [3.63, 3.8) is 0 Å². The van der Waals surface area contributed by atoms with Gasteiger partial charge in [0.2, 0.25) is 0 Å². The summed E-state index contributed by atoms with van der Waals surface area (Å²) in [7, 11) is 1.96. The monoisotopic (exact) mass is 385 g/mol.